The van der Waals surface area contributed by atoms with Gasteiger partial charge in [-0.25, -0.2) is 4.94 Å². The van der Waals surface area contributed by atoms with Gasteiger partial charge in [-0.1, -0.05) is 27.8 Å². The molecule has 0 spiro atoms. The zero-order chi connectivity index (χ0) is 13.0. The number of rotatable bonds is 1. The highest BCUT2D eigenvalue weighted by Crippen LogP contribution is 2.56. The van der Waals surface area contributed by atoms with Crippen LogP contribution in [0.3, 0.4) is 0 Å². The highest BCUT2D eigenvalue weighted by Gasteiger charge is 2.56. The molecule has 5 nitrogen and oxygen atoms in total. The van der Waals surface area contributed by atoms with Crippen LogP contribution in [-0.2, 0) is 4.94 Å². The maximum absolute atomic E-state index is 11.4. The number of hydrogen-bond acceptors (Lipinski definition) is 5. The highest BCUT2D eigenvalue weighted by atomic mass is 127. The van der Waals surface area contributed by atoms with Crippen LogP contribution in [0.5, 0.6) is 0 Å². The van der Waals surface area contributed by atoms with Crippen molar-refractivity contribution in [3.05, 3.63) is 4.91 Å². The Morgan fingerprint density at radius 1 is 0.947 bits per heavy atom. The van der Waals surface area contributed by atoms with Crippen LogP contribution in [0.15, 0.2) is 5.18 Å². The minimum absolute atomic E-state index is 0.0518. The molecule has 3 saturated carbocycles. The Morgan fingerprint density at radius 3 is 2.37 bits per heavy atom. The van der Waals surface area contributed by atoms with Crippen molar-refractivity contribution >= 4 is 22.6 Å². The van der Waals surface area contributed by atoms with Crippen molar-refractivity contribution in [2.45, 2.75) is 54.2 Å². The first-order valence-electron chi connectivity index (χ1n) is 7.41. The number of nitroso groups, excluding NO2 is 1. The Balaban J connectivity index is 1.61. The Morgan fingerprint density at radius 2 is 1.63 bits per heavy atom. The Kier molecular flexibility index (Phi) is 3.32. The van der Waals surface area contributed by atoms with Crippen molar-refractivity contribution in [3.8, 4) is 0 Å². The molecule has 4 aliphatic rings. The molecular weight excluding hydrogens is 357 g/mol. The zero-order valence-electron chi connectivity index (χ0n) is 10.8. The first-order chi connectivity index (χ1) is 9.28. The molecule has 0 aromatic rings. The lowest BCUT2D eigenvalue weighted by molar-refractivity contribution is 0.00838. The van der Waals surface area contributed by atoms with Crippen molar-refractivity contribution < 1.29 is 4.94 Å². The summed E-state index contributed by atoms with van der Waals surface area (Å²) in [6, 6.07) is 0.835. The van der Waals surface area contributed by atoms with E-state index in [-0.39, 0.29) is 6.04 Å². The summed E-state index contributed by atoms with van der Waals surface area (Å²) in [5.74, 6) is 2.42. The van der Waals surface area contributed by atoms with Crippen LogP contribution in [0.2, 0.25) is 0 Å². The molecule has 4 fully saturated rings. The molecule has 8 unspecified atom stereocenters. The predicted molar refractivity (Wildman–Crippen MR) is 79.4 cm³/mol. The Bertz CT molecular complexity index is 383. The van der Waals surface area contributed by atoms with Gasteiger partial charge in [-0.2, -0.15) is 15.9 Å². The monoisotopic (exact) mass is 377 g/mol. The fourth-order valence-electron chi connectivity index (χ4n) is 5.17. The van der Waals surface area contributed by atoms with Gasteiger partial charge in [-0.05, 0) is 55.8 Å². The van der Waals surface area contributed by atoms with Gasteiger partial charge in [0, 0.05) is 3.92 Å². The molecule has 0 aromatic carbocycles. The Labute approximate surface area is 126 Å². The molecule has 4 rings (SSSR count). The van der Waals surface area contributed by atoms with Crippen LogP contribution in [-0.4, -0.2) is 22.1 Å². The maximum atomic E-state index is 11.4. The molecule has 1 heterocycles. The molecule has 1 aliphatic heterocycles. The summed E-state index contributed by atoms with van der Waals surface area (Å²) in [5, 5.41) is 3.56. The average Bonchev–Trinajstić information content (AvgIpc) is 2.96. The van der Waals surface area contributed by atoms with E-state index in [1.807, 2.05) is 0 Å². The quantitative estimate of drug-likeness (QED) is 0.418. The van der Waals surface area contributed by atoms with E-state index in [9.17, 15) is 4.91 Å². The molecule has 3 aliphatic carbocycles. The van der Waals surface area contributed by atoms with E-state index in [2.05, 4.69) is 38.7 Å². The molecular formula is C13H20IN3O2. The average molecular weight is 377 g/mol. The maximum Gasteiger partial charge on any atom is 0.0982 e. The van der Waals surface area contributed by atoms with Crippen LogP contribution < -0.4 is 11.0 Å². The first-order valence-corrected chi connectivity index (χ1v) is 8.66. The molecule has 106 valence electrons. The number of hydroxylamine groups is 2. The summed E-state index contributed by atoms with van der Waals surface area (Å²) in [5.41, 5.74) is 6.14. The fraction of sp³-hybridized carbons (Fsp3) is 1.00. The molecule has 0 aromatic heterocycles. The second-order valence-electron chi connectivity index (χ2n) is 6.68. The minimum atomic E-state index is 0.0518. The minimum Gasteiger partial charge on any atom is -0.213 e. The molecule has 1 saturated heterocycles. The Hall–Kier alpha value is 0.210. The van der Waals surface area contributed by atoms with Crippen molar-refractivity contribution in [2.24, 2.45) is 28.8 Å². The van der Waals surface area contributed by atoms with Crippen LogP contribution in [0.4, 0.5) is 0 Å². The van der Waals surface area contributed by atoms with Crippen LogP contribution >= 0.6 is 22.6 Å². The molecule has 19 heavy (non-hydrogen) atoms. The lowest BCUT2D eigenvalue weighted by atomic mass is 9.71. The van der Waals surface area contributed by atoms with E-state index in [0.717, 1.165) is 22.7 Å². The number of nitrogens with zero attached hydrogens (tertiary/aromatic N) is 1. The lowest BCUT2D eigenvalue weighted by Gasteiger charge is -2.37. The molecule has 2 N–H and O–H groups in total. The normalized spacial score (nSPS) is 56.3. The summed E-state index contributed by atoms with van der Waals surface area (Å²) >= 11 is 2.55. The smallest absolute Gasteiger partial charge is 0.0982 e. The van der Waals surface area contributed by atoms with E-state index in [4.69, 9.17) is 4.94 Å². The number of hydrogen-bond donors (Lipinski definition) is 2. The number of nitrogens with one attached hydrogen (secondary N) is 2. The second kappa shape index (κ2) is 4.89. The third-order valence-corrected chi connectivity index (χ3v) is 7.08. The van der Waals surface area contributed by atoms with Crippen molar-refractivity contribution in [2.75, 3.05) is 0 Å². The predicted octanol–water partition coefficient (Wildman–Crippen LogP) is 2.16. The molecule has 0 amide bonds. The largest absolute Gasteiger partial charge is 0.213 e. The van der Waals surface area contributed by atoms with Gasteiger partial charge >= 0.3 is 0 Å². The first kappa shape index (κ1) is 12.9. The van der Waals surface area contributed by atoms with Gasteiger partial charge in [0.25, 0.3) is 0 Å². The van der Waals surface area contributed by atoms with E-state index >= 15 is 0 Å². The fourth-order valence-corrected chi connectivity index (χ4v) is 6.12. The van der Waals surface area contributed by atoms with E-state index in [1.165, 1.54) is 19.3 Å². The second-order valence-corrected chi connectivity index (χ2v) is 8.45. The summed E-state index contributed by atoms with van der Waals surface area (Å²) in [6.45, 7) is 0. The van der Waals surface area contributed by atoms with E-state index in [1.54, 1.807) is 0 Å². The SMILES string of the molecule is O=NC1C2CC(I)CCC2C2CC3NONC3CC21. The van der Waals surface area contributed by atoms with Gasteiger partial charge in [0.1, 0.15) is 0 Å². The lowest BCUT2D eigenvalue weighted by Crippen LogP contribution is -2.45. The van der Waals surface area contributed by atoms with Crippen molar-refractivity contribution in [3.63, 3.8) is 0 Å². The summed E-state index contributed by atoms with van der Waals surface area (Å²) < 4.78 is 0.738. The molecule has 0 bridgehead atoms. The summed E-state index contributed by atoms with van der Waals surface area (Å²) in [7, 11) is 0. The molecule has 8 atom stereocenters. The van der Waals surface area contributed by atoms with Crippen LogP contribution in [0.25, 0.3) is 0 Å². The van der Waals surface area contributed by atoms with Gasteiger partial charge < -0.3 is 0 Å². The number of halogens is 1. The van der Waals surface area contributed by atoms with Crippen LogP contribution in [0, 0.1) is 28.6 Å². The van der Waals surface area contributed by atoms with Gasteiger partial charge in [-0.15, -0.1) is 0 Å². The zero-order valence-corrected chi connectivity index (χ0v) is 13.0. The van der Waals surface area contributed by atoms with E-state index < -0.39 is 0 Å². The van der Waals surface area contributed by atoms with Crippen molar-refractivity contribution in [1.29, 1.82) is 0 Å². The standard InChI is InChI=1S/C13H20IN3O2/c14-6-1-2-7-8-4-11-12(17-19-16-11)5-10(8)13(15-18)9(7)3-6/h6-13,16-17H,1-5H2. The van der Waals surface area contributed by atoms with E-state index in [0.29, 0.717) is 29.8 Å². The van der Waals surface area contributed by atoms with Gasteiger partial charge in [0.2, 0.25) is 0 Å². The summed E-state index contributed by atoms with van der Waals surface area (Å²) in [4.78, 5) is 16.6. The number of fused-ring (bicyclic) bond motifs is 4. The van der Waals surface area contributed by atoms with Gasteiger partial charge in [-0.3, -0.25) is 0 Å². The van der Waals surface area contributed by atoms with Crippen LogP contribution in [0.1, 0.15) is 32.1 Å². The van der Waals surface area contributed by atoms with Gasteiger partial charge in [0.15, 0.2) is 0 Å². The number of alkyl halides is 1. The third-order valence-electron chi connectivity index (χ3n) is 5.95. The van der Waals surface area contributed by atoms with Gasteiger partial charge in [0.05, 0.1) is 18.1 Å². The molecule has 0 radical (unpaired) electrons. The topological polar surface area (TPSA) is 62.7 Å². The highest BCUT2D eigenvalue weighted by molar-refractivity contribution is 14.1. The molecule has 6 heteroatoms. The van der Waals surface area contributed by atoms with Crippen molar-refractivity contribution in [1.82, 2.24) is 11.0 Å². The third kappa shape index (κ3) is 1.98. The summed E-state index contributed by atoms with van der Waals surface area (Å²) in [6.07, 6.45) is 5.98.